The van der Waals surface area contributed by atoms with Gasteiger partial charge in [0.25, 0.3) is 0 Å². The van der Waals surface area contributed by atoms with Gasteiger partial charge in [-0.1, -0.05) is 19.9 Å². The van der Waals surface area contributed by atoms with Gasteiger partial charge in [0.05, 0.1) is 11.3 Å². The van der Waals surface area contributed by atoms with Crippen LogP contribution in [0, 0.1) is 0 Å². The zero-order chi connectivity index (χ0) is 13.1. The first-order valence-electron chi connectivity index (χ1n) is 5.75. The van der Waals surface area contributed by atoms with Crippen molar-refractivity contribution in [3.63, 3.8) is 0 Å². The summed E-state index contributed by atoms with van der Waals surface area (Å²) in [6.07, 6.45) is 1.63. The van der Waals surface area contributed by atoms with E-state index in [-0.39, 0.29) is 11.5 Å². The van der Waals surface area contributed by atoms with Crippen molar-refractivity contribution in [3.8, 4) is 11.4 Å². The maximum absolute atomic E-state index is 11.2. The van der Waals surface area contributed by atoms with Crippen LogP contribution in [0.4, 0.5) is 0 Å². The van der Waals surface area contributed by atoms with Gasteiger partial charge < -0.3 is 5.11 Å². The minimum absolute atomic E-state index is 0.179. The molecule has 0 saturated heterocycles. The van der Waals surface area contributed by atoms with Crippen LogP contribution in [0.15, 0.2) is 36.5 Å². The van der Waals surface area contributed by atoms with E-state index in [0.29, 0.717) is 11.4 Å². The fourth-order valence-corrected chi connectivity index (χ4v) is 1.67. The van der Waals surface area contributed by atoms with Crippen molar-refractivity contribution < 1.29 is 9.90 Å². The van der Waals surface area contributed by atoms with E-state index in [4.69, 9.17) is 0 Å². The van der Waals surface area contributed by atoms with Crippen molar-refractivity contribution in [2.45, 2.75) is 19.8 Å². The van der Waals surface area contributed by atoms with Gasteiger partial charge >= 0.3 is 5.97 Å². The topological polar surface area (TPSA) is 63.1 Å². The molecule has 0 atom stereocenters. The van der Waals surface area contributed by atoms with Crippen molar-refractivity contribution in [3.05, 3.63) is 47.8 Å². The lowest BCUT2D eigenvalue weighted by atomic mass is 10.1. The summed E-state index contributed by atoms with van der Waals surface area (Å²) in [5.41, 5.74) is 2.05. The highest BCUT2D eigenvalue weighted by Crippen LogP contribution is 2.22. The van der Waals surface area contributed by atoms with Crippen LogP contribution in [0.2, 0.25) is 0 Å². The molecule has 0 aromatic carbocycles. The molecule has 4 nitrogen and oxygen atoms in total. The summed E-state index contributed by atoms with van der Waals surface area (Å²) in [7, 11) is 0. The third kappa shape index (κ3) is 2.37. The smallest absolute Gasteiger partial charge is 0.337 e. The molecule has 18 heavy (non-hydrogen) atoms. The Morgan fingerprint density at radius 2 is 2.00 bits per heavy atom. The van der Waals surface area contributed by atoms with Crippen LogP contribution in [0.1, 0.15) is 35.8 Å². The fraction of sp³-hybridized carbons (Fsp3) is 0.214. The molecule has 0 radical (unpaired) electrons. The third-order valence-electron chi connectivity index (χ3n) is 2.65. The number of aromatic nitrogens is 2. The Balaban J connectivity index is 2.62. The van der Waals surface area contributed by atoms with E-state index in [1.54, 1.807) is 30.5 Å². The molecule has 92 valence electrons. The standard InChI is InChI=1S/C14H14N2O2/c1-9(2)11-7-6-10(14(17)18)13(16-11)12-5-3-4-8-15-12/h3-9H,1-2H3,(H,17,18). The first-order chi connectivity index (χ1) is 8.59. The fourth-order valence-electron chi connectivity index (χ4n) is 1.67. The number of rotatable bonds is 3. The summed E-state index contributed by atoms with van der Waals surface area (Å²) in [5.74, 6) is -0.742. The van der Waals surface area contributed by atoms with Crippen molar-refractivity contribution in [2.24, 2.45) is 0 Å². The molecule has 0 amide bonds. The van der Waals surface area contributed by atoms with Gasteiger partial charge in [0.2, 0.25) is 0 Å². The molecule has 0 aliphatic rings. The SMILES string of the molecule is CC(C)c1ccc(C(=O)O)c(-c2ccccn2)n1. The van der Waals surface area contributed by atoms with Crippen molar-refractivity contribution >= 4 is 5.97 Å². The predicted molar refractivity (Wildman–Crippen MR) is 68.5 cm³/mol. The summed E-state index contributed by atoms with van der Waals surface area (Å²) in [4.78, 5) is 19.8. The van der Waals surface area contributed by atoms with E-state index in [2.05, 4.69) is 9.97 Å². The molecule has 0 fully saturated rings. The summed E-state index contributed by atoms with van der Waals surface area (Å²) < 4.78 is 0. The van der Waals surface area contributed by atoms with E-state index in [0.717, 1.165) is 5.69 Å². The minimum Gasteiger partial charge on any atom is -0.478 e. The molecule has 2 heterocycles. The highest BCUT2D eigenvalue weighted by molar-refractivity contribution is 5.94. The Morgan fingerprint density at radius 1 is 1.22 bits per heavy atom. The monoisotopic (exact) mass is 242 g/mol. The van der Waals surface area contributed by atoms with E-state index in [1.165, 1.54) is 0 Å². The lowest BCUT2D eigenvalue weighted by Crippen LogP contribution is -2.05. The van der Waals surface area contributed by atoms with Gasteiger partial charge in [0.1, 0.15) is 5.69 Å². The van der Waals surface area contributed by atoms with E-state index >= 15 is 0 Å². The number of carboxylic acids is 1. The molecule has 2 rings (SSSR count). The number of pyridine rings is 2. The van der Waals surface area contributed by atoms with Crippen LogP contribution in [0.5, 0.6) is 0 Å². The molecule has 2 aromatic heterocycles. The van der Waals surface area contributed by atoms with Crippen LogP contribution in [0.25, 0.3) is 11.4 Å². The lowest BCUT2D eigenvalue weighted by Gasteiger charge is -2.09. The first kappa shape index (κ1) is 12.2. The quantitative estimate of drug-likeness (QED) is 0.898. The van der Waals surface area contributed by atoms with Crippen LogP contribution >= 0.6 is 0 Å². The van der Waals surface area contributed by atoms with Gasteiger partial charge in [0.15, 0.2) is 0 Å². The zero-order valence-electron chi connectivity index (χ0n) is 10.3. The van der Waals surface area contributed by atoms with Gasteiger partial charge in [-0.25, -0.2) is 4.79 Å². The molecule has 1 N–H and O–H groups in total. The Kier molecular flexibility index (Phi) is 3.37. The molecular formula is C14H14N2O2. The molecule has 0 aliphatic carbocycles. The number of aromatic carboxylic acids is 1. The van der Waals surface area contributed by atoms with Gasteiger partial charge in [-0.05, 0) is 30.2 Å². The normalized spacial score (nSPS) is 10.6. The molecule has 4 heteroatoms. The molecule has 0 unspecified atom stereocenters. The number of carbonyl (C=O) groups is 1. The second-order valence-corrected chi connectivity index (χ2v) is 4.31. The predicted octanol–water partition coefficient (Wildman–Crippen LogP) is 2.97. The van der Waals surface area contributed by atoms with Crippen LogP contribution in [-0.2, 0) is 0 Å². The van der Waals surface area contributed by atoms with Crippen LogP contribution < -0.4 is 0 Å². The zero-order valence-corrected chi connectivity index (χ0v) is 10.3. The average Bonchev–Trinajstić information content (AvgIpc) is 2.39. The van der Waals surface area contributed by atoms with Gasteiger partial charge in [-0.2, -0.15) is 0 Å². The summed E-state index contributed by atoms with van der Waals surface area (Å²) in [6.45, 7) is 4.04. The number of hydrogen-bond acceptors (Lipinski definition) is 3. The average molecular weight is 242 g/mol. The van der Waals surface area contributed by atoms with E-state index in [1.807, 2.05) is 19.9 Å². The molecule has 0 aliphatic heterocycles. The third-order valence-corrected chi connectivity index (χ3v) is 2.65. The Morgan fingerprint density at radius 3 is 2.56 bits per heavy atom. The van der Waals surface area contributed by atoms with Gasteiger partial charge in [-0.15, -0.1) is 0 Å². The Labute approximate surface area is 105 Å². The highest BCUT2D eigenvalue weighted by atomic mass is 16.4. The molecule has 0 bridgehead atoms. The van der Waals surface area contributed by atoms with Gasteiger partial charge in [-0.3, -0.25) is 9.97 Å². The lowest BCUT2D eigenvalue weighted by molar-refractivity contribution is 0.0697. The maximum atomic E-state index is 11.2. The Bertz CT molecular complexity index is 565. The maximum Gasteiger partial charge on any atom is 0.337 e. The van der Waals surface area contributed by atoms with Crippen molar-refractivity contribution in [2.75, 3.05) is 0 Å². The molecular weight excluding hydrogens is 228 g/mol. The summed E-state index contributed by atoms with van der Waals surface area (Å²) in [6, 6.07) is 8.71. The molecule has 0 saturated carbocycles. The largest absolute Gasteiger partial charge is 0.478 e. The summed E-state index contributed by atoms with van der Waals surface area (Å²) >= 11 is 0. The summed E-state index contributed by atoms with van der Waals surface area (Å²) in [5, 5.41) is 9.19. The van der Waals surface area contributed by atoms with Crippen molar-refractivity contribution in [1.82, 2.24) is 9.97 Å². The second kappa shape index (κ2) is 4.96. The van der Waals surface area contributed by atoms with Gasteiger partial charge in [0, 0.05) is 11.9 Å². The Hall–Kier alpha value is -2.23. The van der Waals surface area contributed by atoms with Crippen LogP contribution in [0.3, 0.4) is 0 Å². The highest BCUT2D eigenvalue weighted by Gasteiger charge is 2.15. The van der Waals surface area contributed by atoms with E-state index in [9.17, 15) is 9.90 Å². The molecule has 0 spiro atoms. The number of nitrogens with zero attached hydrogens (tertiary/aromatic N) is 2. The first-order valence-corrected chi connectivity index (χ1v) is 5.75. The number of hydrogen-bond donors (Lipinski definition) is 1. The second-order valence-electron chi connectivity index (χ2n) is 4.31. The van der Waals surface area contributed by atoms with E-state index < -0.39 is 5.97 Å². The minimum atomic E-state index is -0.988. The number of carboxylic acid groups (broad SMARTS) is 1. The van der Waals surface area contributed by atoms with Crippen LogP contribution in [-0.4, -0.2) is 21.0 Å². The van der Waals surface area contributed by atoms with Crippen molar-refractivity contribution in [1.29, 1.82) is 0 Å². The molecule has 2 aromatic rings.